The number of pyridine rings is 4. The van der Waals surface area contributed by atoms with Crippen LogP contribution in [0.15, 0.2) is 229 Å². The number of nitrogens with zero attached hydrogens (tertiary/aromatic N) is 16. The van der Waals surface area contributed by atoms with Crippen LogP contribution in [0.3, 0.4) is 0 Å². The van der Waals surface area contributed by atoms with Crippen LogP contribution in [0.2, 0.25) is 0 Å². The average Bonchev–Trinajstić information content (AvgIpc) is 1.58. The number of halogens is 7. The third-order valence-electron chi connectivity index (χ3n) is 22.2. The van der Waals surface area contributed by atoms with Gasteiger partial charge in [0.05, 0.1) is 172 Å². The van der Waals surface area contributed by atoms with Gasteiger partial charge in [-0.25, -0.2) is 49.9 Å². The summed E-state index contributed by atoms with van der Waals surface area (Å²) in [6, 6.07) is 48.4. The van der Waals surface area contributed by atoms with Gasteiger partial charge in [0.1, 0.15) is 49.3 Å². The largest absolute Gasteiger partial charge is 0.493 e. The number of benzene rings is 9. The molecule has 0 aliphatic heterocycles. The molecule has 136 heavy (non-hydrogen) atoms. The lowest BCUT2D eigenvalue weighted by Gasteiger charge is -2.13. The molecule has 0 radical (unpaired) electrons. The number of aromatic nitrogens is 12. The molecule has 0 unspecified atom stereocenters. The first-order valence-electron chi connectivity index (χ1n) is 40.6. The van der Waals surface area contributed by atoms with Crippen LogP contribution in [0.25, 0.3) is 110 Å². The maximum Gasteiger partial charge on any atom is 0.333 e. The molecule has 0 aliphatic carbocycles. The van der Waals surface area contributed by atoms with Gasteiger partial charge >= 0.3 is 22.8 Å². The minimum atomic E-state index is -1.06. The van der Waals surface area contributed by atoms with Gasteiger partial charge in [-0.1, -0.05) is 24.3 Å². The first kappa shape index (κ1) is 90.6. The number of thiophene rings is 3. The molecule has 0 N–H and O–H groups in total. The summed E-state index contributed by atoms with van der Waals surface area (Å²) < 4.78 is 159. The lowest BCUT2D eigenvalue weighted by Crippen LogP contribution is -2.22. The Labute approximate surface area is 775 Å². The van der Waals surface area contributed by atoms with Crippen molar-refractivity contribution in [1.29, 1.82) is 21.0 Å². The number of methoxy groups -OCH3 is 4. The molecule has 0 atom stereocenters. The first-order valence-corrected chi connectivity index (χ1v) is 43.3. The molecule has 678 valence electrons. The van der Waals surface area contributed by atoms with Crippen molar-refractivity contribution in [2.45, 2.75) is 26.4 Å². The van der Waals surface area contributed by atoms with Crippen LogP contribution < -0.4 is 60.7 Å². The molecule has 0 amide bonds. The van der Waals surface area contributed by atoms with Gasteiger partial charge in [-0.05, 0) is 148 Å². The molecule has 9 aromatic carbocycles. The van der Waals surface area contributed by atoms with Gasteiger partial charge in [-0.3, -0.25) is 56.5 Å². The summed E-state index contributed by atoms with van der Waals surface area (Å²) >= 11 is 4.70. The predicted molar refractivity (Wildman–Crippen MR) is 497 cm³/mol. The summed E-state index contributed by atoms with van der Waals surface area (Å²) in [6.07, 6.45) is 6.03. The maximum absolute atomic E-state index is 15.0. The molecule has 20 rings (SSSR count). The number of aryl methyl sites for hydroxylation is 4. The number of imidazole rings is 4. The quantitative estimate of drug-likeness (QED) is 0.0640. The second kappa shape index (κ2) is 37.9. The van der Waals surface area contributed by atoms with Crippen LogP contribution in [-0.4, -0.2) is 84.9 Å². The zero-order valence-electron chi connectivity index (χ0n) is 72.5. The minimum absolute atomic E-state index is 0.0893. The summed E-state index contributed by atoms with van der Waals surface area (Å²) in [6.45, 7) is 1.09. The first-order chi connectivity index (χ1) is 65.8. The molecule has 0 saturated carbocycles. The minimum Gasteiger partial charge on any atom is -0.493 e. The Hall–Kier alpha value is -17.3. The number of fused-ring (bicyclic) bond motifs is 12. The fourth-order valence-electron chi connectivity index (χ4n) is 15.6. The van der Waals surface area contributed by atoms with Gasteiger partial charge in [-0.2, -0.15) is 32.4 Å². The van der Waals surface area contributed by atoms with Crippen LogP contribution in [0.4, 0.5) is 30.7 Å². The molecule has 20 aromatic rings. The standard InChI is InChI=1S/C26H17F3N4O3.2C24H16F2N4O3S.C24H18N4O3S/c1-32-21-12-31-20-10-22(35-2)23(36-13-14-3-5-16(27)6-4-14)9-17(20)24(21)33(26(32)34)25-18(28)7-15(11-30)8-19(25)29;1-29-19-10-28-18-8-20(32-2)21(33-11-13-3-4-34-12-13)7-15(18)22(19)30(24(29)31)23-16(25)5-14(9-27)6-17(23)26;1-29-19-11-28-18-9-20(32-2)21(33-12-14-4-3-5-34-14)8-15(18)22(19)30(24(29)31)23-16(25)6-13(10-27)7-17(23)26;1-27-20-13-26-19-11-21(30-2)22(31-14-17-4-3-9-32-17)10-18(19)23(20)28(24(27)29)16-7-5-15(12-25)6-8-16/h3-10,12H,13H2,1-2H3;3-8,10,12H,11H2,1-2H3;3-9,11H,12H2,1-2H3;3-11,13H,14H2,1-2H3. The van der Waals surface area contributed by atoms with E-state index in [0.717, 1.165) is 76.3 Å². The SMILES string of the molecule is COc1cc2ncc3c(c2cc1OCc1ccc(F)cc1)n(-c1c(F)cc(C#N)cc1F)c(=O)n3C.COc1cc2ncc3c(c2cc1OCc1cccs1)n(-c1c(F)cc(C#N)cc1F)c(=O)n3C.COc1cc2ncc3c(c2cc1OCc1cccs1)n(-c1ccc(C#N)cc1)c(=O)n3C.COc1cc2ncc3c(c2cc1OCc1ccsc1)n(-c1c(F)cc(C#N)cc1F)c(=O)n3C. The van der Waals surface area contributed by atoms with Gasteiger partial charge in [0.2, 0.25) is 0 Å². The maximum atomic E-state index is 15.0. The Kier molecular flexibility index (Phi) is 25.2. The molecule has 38 heteroatoms. The van der Waals surface area contributed by atoms with Gasteiger partial charge in [0.15, 0.2) is 80.9 Å². The van der Waals surface area contributed by atoms with E-state index in [4.69, 9.17) is 58.9 Å². The van der Waals surface area contributed by atoms with Gasteiger partial charge in [0, 0.05) is 83.8 Å². The van der Waals surface area contributed by atoms with Crippen LogP contribution in [0.5, 0.6) is 46.0 Å². The summed E-state index contributed by atoms with van der Waals surface area (Å²) in [7, 11) is 12.2. The molecule has 28 nitrogen and oxygen atoms in total. The lowest BCUT2D eigenvalue weighted by atomic mass is 10.1. The van der Waals surface area contributed by atoms with E-state index in [1.165, 1.54) is 98.2 Å². The number of hydrogen-bond donors (Lipinski definition) is 0. The molecule has 0 fully saturated rings. The Morgan fingerprint density at radius 2 is 0.632 bits per heavy atom. The zero-order chi connectivity index (χ0) is 95.8. The number of ether oxygens (including phenoxy) is 8. The van der Waals surface area contributed by atoms with Crippen molar-refractivity contribution in [2.75, 3.05) is 28.4 Å². The summed E-state index contributed by atoms with van der Waals surface area (Å²) in [5.74, 6) is -3.21. The van der Waals surface area contributed by atoms with Crippen molar-refractivity contribution in [2.24, 2.45) is 28.2 Å². The van der Waals surface area contributed by atoms with E-state index in [0.29, 0.717) is 131 Å². The second-order valence-corrected chi connectivity index (χ2v) is 33.0. The summed E-state index contributed by atoms with van der Waals surface area (Å²) in [5.41, 5.74) is 3.46. The molecule has 11 aromatic heterocycles. The normalized spacial score (nSPS) is 11.1. The topological polar surface area (TPSA) is 328 Å². The number of nitriles is 4. The highest BCUT2D eigenvalue weighted by atomic mass is 32.1. The van der Waals surface area contributed by atoms with E-state index in [2.05, 4.69) is 26.0 Å². The molecular formula is C98H67F7N16O12S3. The molecule has 0 bridgehead atoms. The third-order valence-corrected chi connectivity index (χ3v) is 24.7. The van der Waals surface area contributed by atoms with E-state index >= 15 is 0 Å². The fraction of sp³-hybridized carbons (Fsp3) is 0.122. The van der Waals surface area contributed by atoms with Gasteiger partial charge in [-0.15, -0.1) is 22.7 Å². The van der Waals surface area contributed by atoms with Crippen molar-refractivity contribution < 1.29 is 68.6 Å². The second-order valence-electron chi connectivity index (χ2n) is 30.2. The highest BCUT2D eigenvalue weighted by Gasteiger charge is 2.30. The van der Waals surface area contributed by atoms with Crippen LogP contribution in [0.1, 0.15) is 43.1 Å². The highest BCUT2D eigenvalue weighted by Crippen LogP contribution is 2.43. The van der Waals surface area contributed by atoms with Gasteiger partial charge in [0.25, 0.3) is 0 Å². The number of rotatable bonds is 20. The van der Waals surface area contributed by atoms with Crippen LogP contribution >= 0.6 is 34.0 Å². The van der Waals surface area contributed by atoms with E-state index in [1.807, 2.05) is 64.0 Å². The van der Waals surface area contributed by atoms with Crippen LogP contribution in [0, 0.1) is 86.0 Å². The highest BCUT2D eigenvalue weighted by molar-refractivity contribution is 7.10. The van der Waals surface area contributed by atoms with Crippen molar-refractivity contribution in [3.63, 3.8) is 0 Å². The summed E-state index contributed by atoms with van der Waals surface area (Å²) in [4.78, 5) is 72.4. The molecule has 0 spiro atoms. The Morgan fingerprint density at radius 1 is 0.331 bits per heavy atom. The predicted octanol–water partition coefficient (Wildman–Crippen LogP) is 18.5. The lowest BCUT2D eigenvalue weighted by molar-refractivity contribution is 0.285. The Morgan fingerprint density at radius 3 is 0.919 bits per heavy atom. The van der Waals surface area contributed by atoms with Gasteiger partial charge < -0.3 is 37.9 Å². The molecule has 11 heterocycles. The van der Waals surface area contributed by atoms with Crippen molar-refractivity contribution in [3.8, 4) is 93.0 Å². The molecule has 0 saturated heterocycles. The van der Waals surface area contributed by atoms with E-state index in [-0.39, 0.29) is 63.7 Å². The monoisotopic (exact) mass is 1890 g/mol. The van der Waals surface area contributed by atoms with E-state index in [9.17, 15) is 49.9 Å². The van der Waals surface area contributed by atoms with Crippen LogP contribution in [-0.2, 0) is 54.6 Å². The van der Waals surface area contributed by atoms with Crippen molar-refractivity contribution >= 4 is 122 Å². The Bertz CT molecular complexity index is 8310. The third kappa shape index (κ3) is 16.9. The average molecular weight is 1890 g/mol. The molecular weight excluding hydrogens is 1820 g/mol. The Balaban J connectivity index is 0.000000126. The zero-order valence-corrected chi connectivity index (χ0v) is 74.9. The molecule has 0 aliphatic rings. The van der Waals surface area contributed by atoms with E-state index < -0.39 is 69.0 Å². The smallest absolute Gasteiger partial charge is 0.333 e. The van der Waals surface area contributed by atoms with Crippen molar-refractivity contribution in [1.82, 2.24) is 56.5 Å². The number of hydrogen-bond acceptors (Lipinski definition) is 23. The van der Waals surface area contributed by atoms with E-state index in [1.54, 1.807) is 143 Å². The van der Waals surface area contributed by atoms with Crippen molar-refractivity contribution in [3.05, 3.63) is 336 Å². The summed E-state index contributed by atoms with van der Waals surface area (Å²) in [5, 5.41) is 46.1. The fourth-order valence-corrected chi connectivity index (χ4v) is 17.4.